The second kappa shape index (κ2) is 9.80. The number of methoxy groups -OCH3 is 3. The first kappa shape index (κ1) is 23.7. The Morgan fingerprint density at radius 2 is 1.66 bits per heavy atom. The molecule has 8 nitrogen and oxygen atoms in total. The monoisotopic (exact) mass is 481 g/mol. The lowest BCUT2D eigenvalue weighted by molar-refractivity contribution is -0.116. The summed E-state index contributed by atoms with van der Waals surface area (Å²) in [5, 5.41) is 2.66. The van der Waals surface area contributed by atoms with Gasteiger partial charge in [0, 0.05) is 11.6 Å². The zero-order valence-electron chi connectivity index (χ0n) is 19.1. The van der Waals surface area contributed by atoms with Crippen LogP contribution in [-0.4, -0.2) is 36.8 Å². The van der Waals surface area contributed by atoms with Crippen LogP contribution in [0.5, 0.6) is 17.2 Å². The van der Waals surface area contributed by atoms with Gasteiger partial charge in [0.2, 0.25) is 11.7 Å². The molecule has 10 heteroatoms. The molecular formula is C25H21F2N3O5. The van der Waals surface area contributed by atoms with E-state index in [9.17, 15) is 18.4 Å². The molecule has 1 amide bonds. The molecule has 1 aromatic heterocycles. The SMILES string of the molecule is COc1cc(-c2nc3ccccc3c(=O)n2CC(=O)Nc2ccc(F)cc2F)cc(OC)c1OC. The van der Waals surface area contributed by atoms with Crippen LogP contribution in [-0.2, 0) is 11.3 Å². The third-order valence-corrected chi connectivity index (χ3v) is 5.29. The summed E-state index contributed by atoms with van der Waals surface area (Å²) < 4.78 is 44.6. The van der Waals surface area contributed by atoms with Gasteiger partial charge in [0.15, 0.2) is 11.5 Å². The molecule has 0 bridgehead atoms. The molecular weight excluding hydrogens is 460 g/mol. The molecule has 1 heterocycles. The van der Waals surface area contributed by atoms with Crippen molar-refractivity contribution in [3.63, 3.8) is 0 Å². The number of anilines is 1. The van der Waals surface area contributed by atoms with E-state index in [1.807, 2.05) is 0 Å². The summed E-state index contributed by atoms with van der Waals surface area (Å²) >= 11 is 0. The molecule has 0 radical (unpaired) electrons. The fraction of sp³-hybridized carbons (Fsp3) is 0.160. The molecule has 1 N–H and O–H groups in total. The molecule has 35 heavy (non-hydrogen) atoms. The number of nitrogens with one attached hydrogen (secondary N) is 1. The van der Waals surface area contributed by atoms with Crippen LogP contribution >= 0.6 is 0 Å². The number of fused-ring (bicyclic) bond motifs is 1. The molecule has 0 aliphatic rings. The number of benzene rings is 3. The van der Waals surface area contributed by atoms with Gasteiger partial charge in [-0.2, -0.15) is 0 Å². The minimum atomic E-state index is -0.938. The van der Waals surface area contributed by atoms with Crippen molar-refractivity contribution in [1.29, 1.82) is 0 Å². The van der Waals surface area contributed by atoms with Gasteiger partial charge in [-0.3, -0.25) is 14.2 Å². The maximum absolute atomic E-state index is 14.0. The number of hydrogen-bond donors (Lipinski definition) is 1. The predicted octanol–water partition coefficient (Wildman–Crippen LogP) is 4.01. The Hall–Kier alpha value is -4.47. The van der Waals surface area contributed by atoms with E-state index in [0.717, 1.165) is 12.1 Å². The molecule has 3 aromatic carbocycles. The van der Waals surface area contributed by atoms with Crippen LogP contribution in [0.15, 0.2) is 59.4 Å². The maximum Gasteiger partial charge on any atom is 0.262 e. The first-order valence-electron chi connectivity index (χ1n) is 10.4. The topological polar surface area (TPSA) is 91.7 Å². The van der Waals surface area contributed by atoms with Crippen molar-refractivity contribution in [2.75, 3.05) is 26.6 Å². The second-order valence-corrected chi connectivity index (χ2v) is 7.43. The number of carbonyl (C=O) groups excluding carboxylic acids is 1. The summed E-state index contributed by atoms with van der Waals surface area (Å²) in [6.07, 6.45) is 0. The Kier molecular flexibility index (Phi) is 6.63. The highest BCUT2D eigenvalue weighted by Crippen LogP contribution is 2.40. The molecule has 180 valence electrons. The Morgan fingerprint density at radius 3 is 2.29 bits per heavy atom. The van der Waals surface area contributed by atoms with Gasteiger partial charge in [0.05, 0.1) is 37.9 Å². The highest BCUT2D eigenvalue weighted by Gasteiger charge is 2.20. The quantitative estimate of drug-likeness (QED) is 0.429. The molecule has 4 rings (SSSR count). The zero-order chi connectivity index (χ0) is 25.1. The average molecular weight is 481 g/mol. The Labute approximate surface area is 198 Å². The highest BCUT2D eigenvalue weighted by molar-refractivity contribution is 5.91. The normalized spacial score (nSPS) is 10.8. The smallest absolute Gasteiger partial charge is 0.262 e. The Morgan fingerprint density at radius 1 is 0.971 bits per heavy atom. The van der Waals surface area contributed by atoms with Gasteiger partial charge in [-0.15, -0.1) is 0 Å². The van der Waals surface area contributed by atoms with Gasteiger partial charge < -0.3 is 19.5 Å². The van der Waals surface area contributed by atoms with Crippen LogP contribution in [0.2, 0.25) is 0 Å². The van der Waals surface area contributed by atoms with Crippen LogP contribution in [0.4, 0.5) is 14.5 Å². The largest absolute Gasteiger partial charge is 0.493 e. The zero-order valence-corrected chi connectivity index (χ0v) is 19.1. The molecule has 0 fully saturated rings. The maximum atomic E-state index is 14.0. The van der Waals surface area contributed by atoms with Crippen molar-refractivity contribution in [3.8, 4) is 28.6 Å². The van der Waals surface area contributed by atoms with Crippen molar-refractivity contribution in [1.82, 2.24) is 9.55 Å². The standard InChI is InChI=1S/C25H21F2N3O5/c1-33-20-10-14(11-21(34-2)23(20)35-3)24-29-18-7-5-4-6-16(18)25(32)30(24)13-22(31)28-19-9-8-15(26)12-17(19)27/h4-12H,13H2,1-3H3,(H,28,31). The van der Waals surface area contributed by atoms with E-state index in [0.29, 0.717) is 39.8 Å². The van der Waals surface area contributed by atoms with Crippen LogP contribution in [0, 0.1) is 11.6 Å². The Balaban J connectivity index is 1.85. The van der Waals surface area contributed by atoms with Crippen molar-refractivity contribution in [2.24, 2.45) is 0 Å². The second-order valence-electron chi connectivity index (χ2n) is 7.43. The number of nitrogens with zero attached hydrogens (tertiary/aromatic N) is 2. The lowest BCUT2D eigenvalue weighted by Gasteiger charge is -2.17. The lowest BCUT2D eigenvalue weighted by atomic mass is 10.1. The van der Waals surface area contributed by atoms with Gasteiger partial charge >= 0.3 is 0 Å². The van der Waals surface area contributed by atoms with E-state index in [4.69, 9.17) is 14.2 Å². The first-order valence-corrected chi connectivity index (χ1v) is 10.4. The summed E-state index contributed by atoms with van der Waals surface area (Å²) in [5.74, 6) is -1.27. The molecule has 0 spiro atoms. The van der Waals surface area contributed by atoms with Crippen molar-refractivity contribution < 1.29 is 27.8 Å². The van der Waals surface area contributed by atoms with Crippen molar-refractivity contribution in [3.05, 3.63) is 76.6 Å². The minimum absolute atomic E-state index is 0.155. The van der Waals surface area contributed by atoms with Gasteiger partial charge in [-0.1, -0.05) is 12.1 Å². The van der Waals surface area contributed by atoms with Crippen molar-refractivity contribution >= 4 is 22.5 Å². The van der Waals surface area contributed by atoms with E-state index in [1.54, 1.807) is 36.4 Å². The molecule has 0 saturated carbocycles. The number of aromatic nitrogens is 2. The molecule has 4 aromatic rings. The van der Waals surface area contributed by atoms with E-state index in [1.165, 1.54) is 25.9 Å². The Bertz CT molecular complexity index is 1460. The molecule has 0 saturated heterocycles. The minimum Gasteiger partial charge on any atom is -0.493 e. The summed E-state index contributed by atoms with van der Waals surface area (Å²) in [7, 11) is 4.36. The number of rotatable bonds is 7. The van der Waals surface area contributed by atoms with Gasteiger partial charge in [-0.25, -0.2) is 13.8 Å². The van der Waals surface area contributed by atoms with E-state index in [2.05, 4.69) is 10.3 Å². The summed E-state index contributed by atoms with van der Waals surface area (Å²) in [6.45, 7) is -0.487. The molecule has 0 aliphatic carbocycles. The number of halogens is 2. The molecule has 0 unspecified atom stereocenters. The van der Waals surface area contributed by atoms with Gasteiger partial charge in [0.1, 0.15) is 24.0 Å². The molecule has 0 aliphatic heterocycles. The number of amides is 1. The number of para-hydroxylation sites is 1. The third kappa shape index (κ3) is 4.63. The van der Waals surface area contributed by atoms with Gasteiger partial charge in [0.25, 0.3) is 5.56 Å². The van der Waals surface area contributed by atoms with Crippen LogP contribution in [0.3, 0.4) is 0 Å². The number of carbonyl (C=O) groups is 1. The summed E-state index contributed by atoms with van der Waals surface area (Å²) in [6, 6.07) is 12.7. The van der Waals surface area contributed by atoms with Crippen molar-refractivity contribution in [2.45, 2.75) is 6.54 Å². The predicted molar refractivity (Wildman–Crippen MR) is 126 cm³/mol. The number of ether oxygens (including phenoxy) is 3. The van der Waals surface area contributed by atoms with Crippen LogP contribution in [0.1, 0.15) is 0 Å². The van der Waals surface area contributed by atoms with E-state index in [-0.39, 0.29) is 11.5 Å². The summed E-state index contributed by atoms with van der Waals surface area (Å²) in [4.78, 5) is 30.8. The third-order valence-electron chi connectivity index (χ3n) is 5.29. The highest BCUT2D eigenvalue weighted by atomic mass is 19.1. The van der Waals surface area contributed by atoms with E-state index >= 15 is 0 Å². The molecule has 0 atom stereocenters. The number of hydrogen-bond acceptors (Lipinski definition) is 6. The average Bonchev–Trinajstić information content (AvgIpc) is 2.86. The fourth-order valence-electron chi connectivity index (χ4n) is 3.67. The van der Waals surface area contributed by atoms with E-state index < -0.39 is 29.6 Å². The van der Waals surface area contributed by atoms with Crippen LogP contribution in [0.25, 0.3) is 22.3 Å². The van der Waals surface area contributed by atoms with Crippen LogP contribution < -0.4 is 25.1 Å². The first-order chi connectivity index (χ1) is 16.9. The lowest BCUT2D eigenvalue weighted by Crippen LogP contribution is -2.30. The van der Waals surface area contributed by atoms with Gasteiger partial charge in [-0.05, 0) is 36.4 Å². The fourth-order valence-corrected chi connectivity index (χ4v) is 3.67. The summed E-state index contributed by atoms with van der Waals surface area (Å²) in [5.41, 5.74) is 0.146.